The minimum Gasteiger partial charge on any atom is -0.306 e. The lowest BCUT2D eigenvalue weighted by molar-refractivity contribution is 0.457. The first-order valence-corrected chi connectivity index (χ1v) is 7.20. The molecular formula is C17H19NS. The molecule has 2 aromatic rings. The zero-order valence-electron chi connectivity index (χ0n) is 11.4. The number of hydrogen-bond donors (Lipinski definition) is 0. The van der Waals surface area contributed by atoms with Gasteiger partial charge < -0.3 is 4.90 Å². The minimum absolute atomic E-state index is 0.973. The van der Waals surface area contributed by atoms with Gasteiger partial charge >= 0.3 is 0 Å². The molecule has 2 rings (SSSR count). The van der Waals surface area contributed by atoms with Gasteiger partial charge in [0.2, 0.25) is 0 Å². The van der Waals surface area contributed by atoms with Gasteiger partial charge in [0.15, 0.2) is 0 Å². The Hall–Kier alpha value is -1.51. The molecule has 2 aromatic carbocycles. The average Bonchev–Trinajstić information content (AvgIpc) is 2.42. The first-order valence-electron chi connectivity index (χ1n) is 6.38. The molecule has 0 aliphatic carbocycles. The lowest BCUT2D eigenvalue weighted by Gasteiger charge is -2.04. The van der Waals surface area contributed by atoms with E-state index >= 15 is 0 Å². The molecule has 0 radical (unpaired) electrons. The molecule has 0 aromatic heterocycles. The summed E-state index contributed by atoms with van der Waals surface area (Å²) in [5.74, 6) is 0. The van der Waals surface area contributed by atoms with Gasteiger partial charge in [-0.1, -0.05) is 54.2 Å². The molecule has 0 aliphatic heterocycles. The molecule has 2 heteroatoms. The van der Waals surface area contributed by atoms with E-state index in [2.05, 4.69) is 79.7 Å². The van der Waals surface area contributed by atoms with Gasteiger partial charge in [-0.05, 0) is 43.9 Å². The van der Waals surface area contributed by atoms with E-state index in [4.69, 9.17) is 0 Å². The maximum atomic E-state index is 2.18. The molecule has 0 amide bonds. The Morgan fingerprint density at radius 2 is 1.53 bits per heavy atom. The third kappa shape index (κ3) is 4.93. The number of benzene rings is 2. The summed E-state index contributed by atoms with van der Waals surface area (Å²) in [5, 5.41) is 0. The van der Waals surface area contributed by atoms with Gasteiger partial charge in [-0.2, -0.15) is 0 Å². The van der Waals surface area contributed by atoms with Crippen molar-refractivity contribution < 1.29 is 0 Å². The van der Waals surface area contributed by atoms with E-state index in [1.165, 1.54) is 15.4 Å². The fourth-order valence-electron chi connectivity index (χ4n) is 1.67. The van der Waals surface area contributed by atoms with E-state index < -0.39 is 0 Å². The van der Waals surface area contributed by atoms with Crippen LogP contribution in [0.2, 0.25) is 0 Å². The summed E-state index contributed by atoms with van der Waals surface area (Å²) in [5.41, 5.74) is 1.25. The van der Waals surface area contributed by atoms with Crippen molar-refractivity contribution in [3.8, 4) is 0 Å². The Kier molecular flexibility index (Phi) is 5.25. The van der Waals surface area contributed by atoms with Crippen molar-refractivity contribution in [2.75, 3.05) is 20.6 Å². The van der Waals surface area contributed by atoms with Crippen molar-refractivity contribution in [2.24, 2.45) is 0 Å². The standard InChI is InChI=1S/C17H19NS/c1-18(2)14-6-7-15-10-12-17(13-11-15)19-16-8-4-3-5-9-16/h3-13H,14H2,1-2H3. The molecule has 0 unspecified atom stereocenters. The lowest BCUT2D eigenvalue weighted by Crippen LogP contribution is -2.10. The maximum Gasteiger partial charge on any atom is 0.0160 e. The van der Waals surface area contributed by atoms with Crippen molar-refractivity contribution in [2.45, 2.75) is 9.79 Å². The van der Waals surface area contributed by atoms with Crippen LogP contribution < -0.4 is 0 Å². The average molecular weight is 269 g/mol. The van der Waals surface area contributed by atoms with Crippen molar-refractivity contribution >= 4 is 17.8 Å². The van der Waals surface area contributed by atoms with Gasteiger partial charge in [-0.25, -0.2) is 0 Å². The molecule has 0 aliphatic rings. The van der Waals surface area contributed by atoms with Gasteiger partial charge in [0.05, 0.1) is 0 Å². The van der Waals surface area contributed by atoms with Crippen LogP contribution >= 0.6 is 11.8 Å². The molecule has 0 N–H and O–H groups in total. The highest BCUT2D eigenvalue weighted by Crippen LogP contribution is 2.27. The molecule has 0 atom stereocenters. The first-order chi connectivity index (χ1) is 9.24. The van der Waals surface area contributed by atoms with Crippen LogP contribution in [0.3, 0.4) is 0 Å². The molecule has 19 heavy (non-hydrogen) atoms. The number of hydrogen-bond acceptors (Lipinski definition) is 2. The molecule has 0 heterocycles. The van der Waals surface area contributed by atoms with Gasteiger partial charge in [0, 0.05) is 16.3 Å². The second-order valence-electron chi connectivity index (χ2n) is 4.65. The quantitative estimate of drug-likeness (QED) is 0.791. The minimum atomic E-state index is 0.973. The van der Waals surface area contributed by atoms with Gasteiger partial charge in [-0.3, -0.25) is 0 Å². The molecule has 0 fully saturated rings. The topological polar surface area (TPSA) is 3.24 Å². The highest BCUT2D eigenvalue weighted by molar-refractivity contribution is 7.99. The molecule has 0 bridgehead atoms. The maximum absolute atomic E-state index is 2.18. The molecule has 0 spiro atoms. The van der Waals surface area contributed by atoms with E-state index in [-0.39, 0.29) is 0 Å². The normalized spacial score (nSPS) is 11.3. The molecule has 0 saturated carbocycles. The molecular weight excluding hydrogens is 250 g/mol. The number of likely N-dealkylation sites (N-methyl/N-ethyl adjacent to an activating group) is 1. The van der Waals surface area contributed by atoms with Gasteiger partial charge in [0.25, 0.3) is 0 Å². The fourth-order valence-corrected chi connectivity index (χ4v) is 2.51. The van der Waals surface area contributed by atoms with Crippen LogP contribution in [0.25, 0.3) is 6.08 Å². The first kappa shape index (κ1) is 13.9. The van der Waals surface area contributed by atoms with Crippen molar-refractivity contribution in [1.82, 2.24) is 4.90 Å². The van der Waals surface area contributed by atoms with E-state index in [0.29, 0.717) is 0 Å². The summed E-state index contributed by atoms with van der Waals surface area (Å²) in [6.07, 6.45) is 4.34. The SMILES string of the molecule is CN(C)CC=Cc1ccc(Sc2ccccc2)cc1. The van der Waals surface area contributed by atoms with Gasteiger partial charge in [0.1, 0.15) is 0 Å². The second-order valence-corrected chi connectivity index (χ2v) is 5.80. The summed E-state index contributed by atoms with van der Waals surface area (Å²) >= 11 is 1.79. The molecule has 1 nitrogen and oxygen atoms in total. The van der Waals surface area contributed by atoms with Crippen LogP contribution in [0.5, 0.6) is 0 Å². The smallest absolute Gasteiger partial charge is 0.0160 e. The number of rotatable bonds is 5. The largest absolute Gasteiger partial charge is 0.306 e. The van der Waals surface area contributed by atoms with Crippen molar-refractivity contribution in [1.29, 1.82) is 0 Å². The van der Waals surface area contributed by atoms with Crippen molar-refractivity contribution in [3.05, 3.63) is 66.2 Å². The monoisotopic (exact) mass is 269 g/mol. The summed E-state index contributed by atoms with van der Waals surface area (Å²) in [4.78, 5) is 4.70. The highest BCUT2D eigenvalue weighted by Gasteiger charge is 1.96. The zero-order chi connectivity index (χ0) is 13.5. The molecule has 98 valence electrons. The number of nitrogens with zero attached hydrogens (tertiary/aromatic N) is 1. The highest BCUT2D eigenvalue weighted by atomic mass is 32.2. The fraction of sp³-hybridized carbons (Fsp3) is 0.176. The third-order valence-corrected chi connectivity index (χ3v) is 3.66. The van der Waals surface area contributed by atoms with Crippen LogP contribution in [0.4, 0.5) is 0 Å². The van der Waals surface area contributed by atoms with E-state index in [0.717, 1.165) is 6.54 Å². The predicted octanol–water partition coefficient (Wildman–Crippen LogP) is 4.41. The molecule has 0 saturated heterocycles. The Balaban J connectivity index is 1.97. The van der Waals surface area contributed by atoms with Gasteiger partial charge in [-0.15, -0.1) is 0 Å². The van der Waals surface area contributed by atoms with E-state index in [1.807, 2.05) is 6.07 Å². The van der Waals surface area contributed by atoms with Crippen LogP contribution in [0.15, 0.2) is 70.5 Å². The third-order valence-electron chi connectivity index (χ3n) is 2.64. The Bertz CT molecular complexity index is 515. The van der Waals surface area contributed by atoms with Crippen LogP contribution in [0.1, 0.15) is 5.56 Å². The second kappa shape index (κ2) is 7.17. The van der Waals surface area contributed by atoms with E-state index in [9.17, 15) is 0 Å². The van der Waals surface area contributed by atoms with Crippen LogP contribution in [-0.2, 0) is 0 Å². The van der Waals surface area contributed by atoms with Crippen molar-refractivity contribution in [3.63, 3.8) is 0 Å². The Labute approximate surface area is 120 Å². The Morgan fingerprint density at radius 1 is 0.895 bits per heavy atom. The summed E-state index contributed by atoms with van der Waals surface area (Å²) in [7, 11) is 4.15. The zero-order valence-corrected chi connectivity index (χ0v) is 12.2. The van der Waals surface area contributed by atoms with E-state index in [1.54, 1.807) is 11.8 Å². The summed E-state index contributed by atoms with van der Waals surface area (Å²) < 4.78 is 0. The summed E-state index contributed by atoms with van der Waals surface area (Å²) in [6, 6.07) is 19.1. The van der Waals surface area contributed by atoms with Crippen LogP contribution in [0, 0.1) is 0 Å². The Morgan fingerprint density at radius 3 is 2.16 bits per heavy atom. The lowest BCUT2D eigenvalue weighted by atomic mass is 10.2. The predicted molar refractivity (Wildman–Crippen MR) is 84.6 cm³/mol. The summed E-state index contributed by atoms with van der Waals surface area (Å²) in [6.45, 7) is 0.973. The van der Waals surface area contributed by atoms with Crippen LogP contribution in [-0.4, -0.2) is 25.5 Å².